The molecule has 0 atom stereocenters. The number of anilines is 1. The normalized spacial score (nSPS) is 11.2. The first-order valence-electron chi connectivity index (χ1n) is 6.55. The van der Waals surface area contributed by atoms with Gasteiger partial charge in [0, 0.05) is 3.57 Å². The maximum absolute atomic E-state index is 13.1. The number of hydrogen-bond donors (Lipinski definition) is 1. The van der Waals surface area contributed by atoms with E-state index in [2.05, 4.69) is 5.32 Å². The van der Waals surface area contributed by atoms with Crippen molar-refractivity contribution >= 4 is 34.2 Å². The molecule has 7 heteroatoms. The zero-order chi connectivity index (χ0) is 17.2. The number of amides is 1. The number of para-hydroxylation sites is 1. The van der Waals surface area contributed by atoms with E-state index in [1.54, 1.807) is 19.1 Å². The highest BCUT2D eigenvalue weighted by Gasteiger charge is 2.34. The van der Waals surface area contributed by atoms with Gasteiger partial charge in [0.1, 0.15) is 5.75 Å². The van der Waals surface area contributed by atoms with Gasteiger partial charge in [-0.3, -0.25) is 4.79 Å². The zero-order valence-corrected chi connectivity index (χ0v) is 14.4. The van der Waals surface area contributed by atoms with Gasteiger partial charge >= 0.3 is 6.18 Å². The van der Waals surface area contributed by atoms with Crippen molar-refractivity contribution in [1.82, 2.24) is 0 Å². The summed E-state index contributed by atoms with van der Waals surface area (Å²) >= 11 is 1.89. The summed E-state index contributed by atoms with van der Waals surface area (Å²) in [6.45, 7) is 1.75. The van der Waals surface area contributed by atoms with Gasteiger partial charge in [-0.15, -0.1) is 0 Å². The lowest BCUT2D eigenvalue weighted by Gasteiger charge is -2.16. The molecule has 2 aromatic carbocycles. The fraction of sp³-hybridized carbons (Fsp3) is 0.188. The van der Waals surface area contributed by atoms with Crippen LogP contribution in [0.5, 0.6) is 5.75 Å². The molecule has 0 unspecified atom stereocenters. The Bertz CT molecular complexity index is 745. The molecule has 0 bridgehead atoms. The first-order valence-corrected chi connectivity index (χ1v) is 7.63. The second-order valence-electron chi connectivity index (χ2n) is 4.80. The molecule has 0 radical (unpaired) electrons. The number of carbonyl (C=O) groups is 1. The Morgan fingerprint density at radius 2 is 1.91 bits per heavy atom. The van der Waals surface area contributed by atoms with Crippen LogP contribution in [0.4, 0.5) is 18.9 Å². The number of halogens is 4. The van der Waals surface area contributed by atoms with E-state index >= 15 is 0 Å². The number of methoxy groups -OCH3 is 1. The van der Waals surface area contributed by atoms with Crippen LogP contribution in [-0.4, -0.2) is 13.0 Å². The molecule has 0 saturated heterocycles. The van der Waals surface area contributed by atoms with Crippen LogP contribution in [0.2, 0.25) is 0 Å². The summed E-state index contributed by atoms with van der Waals surface area (Å²) in [7, 11) is 1.41. The molecule has 1 amide bonds. The third-order valence-corrected chi connectivity index (χ3v) is 3.87. The molecule has 2 aromatic rings. The summed E-state index contributed by atoms with van der Waals surface area (Å²) in [4.78, 5) is 12.4. The van der Waals surface area contributed by atoms with Crippen molar-refractivity contribution in [3.63, 3.8) is 0 Å². The molecule has 1 N–H and O–H groups in total. The minimum absolute atomic E-state index is 0.180. The summed E-state index contributed by atoms with van der Waals surface area (Å²) in [6, 6.07) is 8.47. The van der Waals surface area contributed by atoms with Gasteiger partial charge in [0.2, 0.25) is 0 Å². The van der Waals surface area contributed by atoms with Crippen LogP contribution in [0, 0.1) is 10.5 Å². The Morgan fingerprint density at radius 1 is 1.22 bits per heavy atom. The Hall–Kier alpha value is -1.77. The Balaban J connectivity index is 2.42. The fourth-order valence-corrected chi connectivity index (χ4v) is 2.65. The smallest absolute Gasteiger partial charge is 0.418 e. The molecular formula is C16H13F3INO2. The van der Waals surface area contributed by atoms with Gasteiger partial charge in [-0.2, -0.15) is 13.2 Å². The van der Waals surface area contributed by atoms with Crippen molar-refractivity contribution in [2.24, 2.45) is 0 Å². The van der Waals surface area contributed by atoms with E-state index in [1.165, 1.54) is 25.3 Å². The average Bonchev–Trinajstić information content (AvgIpc) is 2.45. The third-order valence-electron chi connectivity index (χ3n) is 3.20. The predicted molar refractivity (Wildman–Crippen MR) is 89.8 cm³/mol. The number of alkyl halides is 3. The van der Waals surface area contributed by atoms with Gasteiger partial charge in [0.25, 0.3) is 5.91 Å². The van der Waals surface area contributed by atoms with Crippen molar-refractivity contribution < 1.29 is 22.7 Å². The van der Waals surface area contributed by atoms with E-state index < -0.39 is 17.6 Å². The summed E-state index contributed by atoms with van der Waals surface area (Å²) in [5.74, 6) is -0.317. The van der Waals surface area contributed by atoms with E-state index in [0.29, 0.717) is 9.32 Å². The van der Waals surface area contributed by atoms with Crippen LogP contribution in [0.1, 0.15) is 21.5 Å². The van der Waals surface area contributed by atoms with Gasteiger partial charge < -0.3 is 10.1 Å². The highest BCUT2D eigenvalue weighted by atomic mass is 127. The second-order valence-corrected chi connectivity index (χ2v) is 6.04. The van der Waals surface area contributed by atoms with Crippen molar-refractivity contribution in [2.45, 2.75) is 13.1 Å². The second kappa shape index (κ2) is 6.77. The number of hydrogen-bond acceptors (Lipinski definition) is 2. The molecule has 0 heterocycles. The van der Waals surface area contributed by atoms with Gasteiger partial charge in [0.15, 0.2) is 0 Å². The molecule has 3 nitrogen and oxygen atoms in total. The lowest BCUT2D eigenvalue weighted by atomic mass is 10.1. The maximum atomic E-state index is 13.1. The van der Waals surface area contributed by atoms with Gasteiger partial charge in [-0.25, -0.2) is 0 Å². The first-order chi connectivity index (χ1) is 10.7. The molecule has 0 saturated carbocycles. The maximum Gasteiger partial charge on any atom is 0.418 e. The molecule has 0 aliphatic carbocycles. The lowest BCUT2D eigenvalue weighted by molar-refractivity contribution is -0.136. The molecule has 122 valence electrons. The predicted octanol–water partition coefficient (Wildman–Crippen LogP) is 4.88. The number of carbonyl (C=O) groups excluding carboxylic acids is 1. The quantitative estimate of drug-likeness (QED) is 0.699. The first kappa shape index (κ1) is 17.6. The third kappa shape index (κ3) is 3.95. The summed E-state index contributed by atoms with van der Waals surface area (Å²) < 4.78 is 44.9. The Kier molecular flexibility index (Phi) is 5.18. The van der Waals surface area contributed by atoms with Crippen molar-refractivity contribution in [2.75, 3.05) is 12.4 Å². The molecule has 0 fully saturated rings. The van der Waals surface area contributed by atoms with E-state index in [4.69, 9.17) is 4.74 Å². The fourth-order valence-electron chi connectivity index (χ4n) is 2.16. The van der Waals surface area contributed by atoms with Crippen molar-refractivity contribution in [3.8, 4) is 5.75 Å². The molecule has 0 aliphatic heterocycles. The molecule has 0 aromatic heterocycles. The van der Waals surface area contributed by atoms with E-state index in [-0.39, 0.29) is 11.3 Å². The minimum Gasteiger partial charge on any atom is -0.496 e. The van der Waals surface area contributed by atoms with Gasteiger partial charge in [-0.05, 0) is 59.3 Å². The minimum atomic E-state index is -4.55. The van der Waals surface area contributed by atoms with Crippen molar-refractivity contribution in [1.29, 1.82) is 0 Å². The monoisotopic (exact) mass is 435 g/mol. The highest BCUT2D eigenvalue weighted by Crippen LogP contribution is 2.36. The summed E-state index contributed by atoms with van der Waals surface area (Å²) in [5.41, 5.74) is -0.269. The molecular weight excluding hydrogens is 422 g/mol. The van der Waals surface area contributed by atoms with Crippen LogP contribution in [0.3, 0.4) is 0 Å². The average molecular weight is 435 g/mol. The van der Waals surface area contributed by atoms with Crippen LogP contribution >= 0.6 is 22.6 Å². The van der Waals surface area contributed by atoms with E-state index in [1.807, 2.05) is 22.6 Å². The van der Waals surface area contributed by atoms with E-state index in [9.17, 15) is 18.0 Å². The van der Waals surface area contributed by atoms with Crippen molar-refractivity contribution in [3.05, 3.63) is 56.7 Å². The Morgan fingerprint density at radius 3 is 2.52 bits per heavy atom. The topological polar surface area (TPSA) is 38.3 Å². The summed E-state index contributed by atoms with van der Waals surface area (Å²) in [6.07, 6.45) is -4.55. The molecule has 2 rings (SSSR count). The Labute approximate surface area is 145 Å². The number of benzene rings is 2. The van der Waals surface area contributed by atoms with Crippen LogP contribution < -0.4 is 10.1 Å². The lowest BCUT2D eigenvalue weighted by Crippen LogP contribution is -2.17. The van der Waals surface area contributed by atoms with Gasteiger partial charge in [0.05, 0.1) is 23.9 Å². The highest BCUT2D eigenvalue weighted by molar-refractivity contribution is 14.1. The molecule has 0 spiro atoms. The van der Waals surface area contributed by atoms with Gasteiger partial charge in [-0.1, -0.05) is 12.1 Å². The zero-order valence-electron chi connectivity index (χ0n) is 12.3. The standard InChI is InChI=1S/C16H13F3INO2/c1-9-4-3-5-11(14(9)23-2)15(22)21-13-8-10(20)6-7-12(13)16(17,18)19/h3-8H,1-2H3,(H,21,22). The summed E-state index contributed by atoms with van der Waals surface area (Å²) in [5, 5.41) is 2.33. The number of rotatable bonds is 3. The molecule has 23 heavy (non-hydrogen) atoms. The van der Waals surface area contributed by atoms with Crippen LogP contribution in [-0.2, 0) is 6.18 Å². The number of nitrogens with one attached hydrogen (secondary N) is 1. The SMILES string of the molecule is COc1c(C)cccc1C(=O)Nc1cc(I)ccc1C(F)(F)F. The number of aryl methyl sites for hydroxylation is 1. The molecule has 0 aliphatic rings. The number of ether oxygens (including phenoxy) is 1. The van der Waals surface area contributed by atoms with E-state index in [0.717, 1.165) is 11.6 Å². The van der Waals surface area contributed by atoms with Crippen LogP contribution in [0.25, 0.3) is 0 Å². The largest absolute Gasteiger partial charge is 0.496 e. The van der Waals surface area contributed by atoms with Crippen LogP contribution in [0.15, 0.2) is 36.4 Å².